The minimum absolute atomic E-state index is 0.719. The zero-order valence-electron chi connectivity index (χ0n) is 27.4. The second-order valence-corrected chi connectivity index (χ2v) is 13.0. The molecular weight excluding hydrogens is 625 g/mol. The predicted molar refractivity (Wildman–Crippen MR) is 209 cm³/mol. The van der Waals surface area contributed by atoms with Crippen molar-refractivity contribution in [3.05, 3.63) is 170 Å². The number of nitrogens with zero attached hydrogens (tertiary/aromatic N) is 4. The lowest BCUT2D eigenvalue weighted by molar-refractivity contribution is 0.667. The normalized spacial score (nSPS) is 11.9. The topological polar surface area (TPSA) is 48.8 Å². The third-order valence-corrected chi connectivity index (χ3v) is 10.1. The van der Waals surface area contributed by atoms with Gasteiger partial charge >= 0.3 is 0 Å². The second kappa shape index (κ2) is 10.8. The van der Waals surface area contributed by atoms with Crippen LogP contribution in [0.25, 0.3) is 99.7 Å². The first kappa shape index (κ1) is 27.9. The molecule has 0 radical (unpaired) electrons. The summed E-state index contributed by atoms with van der Waals surface area (Å²) in [6, 6.07) is 59.5. The smallest absolute Gasteiger partial charge is 0.155 e. The van der Waals surface area contributed by atoms with Crippen LogP contribution in [0.5, 0.6) is 0 Å². The lowest BCUT2D eigenvalue weighted by Gasteiger charge is -2.09. The number of aromatic nitrogens is 4. The molecule has 0 saturated heterocycles. The molecule has 5 heteroatoms. The molecule has 6 aromatic carbocycles. The molecule has 0 bridgehead atoms. The van der Waals surface area contributed by atoms with Crippen LogP contribution < -0.4 is 0 Å². The van der Waals surface area contributed by atoms with E-state index in [1.807, 2.05) is 18.2 Å². The molecule has 0 unspecified atom stereocenters. The van der Waals surface area contributed by atoms with Crippen LogP contribution >= 0.6 is 0 Å². The molecule has 238 valence electrons. The van der Waals surface area contributed by atoms with Gasteiger partial charge < -0.3 is 13.6 Å². The van der Waals surface area contributed by atoms with Gasteiger partial charge in [-0.25, -0.2) is 9.97 Å². The van der Waals surface area contributed by atoms with Crippen LogP contribution in [0, 0.1) is 0 Å². The van der Waals surface area contributed by atoms with E-state index >= 15 is 0 Å². The van der Waals surface area contributed by atoms with E-state index in [0.29, 0.717) is 0 Å². The fourth-order valence-corrected chi connectivity index (χ4v) is 7.90. The first-order valence-electron chi connectivity index (χ1n) is 17.2. The van der Waals surface area contributed by atoms with Gasteiger partial charge in [-0.15, -0.1) is 0 Å². The van der Waals surface area contributed by atoms with Crippen molar-refractivity contribution in [2.75, 3.05) is 0 Å². The SMILES string of the molecule is c1ccc(-n2c3ccccc3c3ccc(-c4ccc5oc6ccc(-c7cccc8c7c7ccccc7n8-c7ccccc7)nc6c5n4)cc32)cc1. The first-order chi connectivity index (χ1) is 25.3. The van der Waals surface area contributed by atoms with Gasteiger partial charge in [-0.3, -0.25) is 0 Å². The van der Waals surface area contributed by atoms with Crippen LogP contribution in [0.2, 0.25) is 0 Å². The summed E-state index contributed by atoms with van der Waals surface area (Å²) < 4.78 is 11.0. The molecule has 0 fully saturated rings. The van der Waals surface area contributed by atoms with Gasteiger partial charge in [-0.2, -0.15) is 0 Å². The molecule has 5 nitrogen and oxygen atoms in total. The molecule has 5 aromatic heterocycles. The van der Waals surface area contributed by atoms with E-state index in [-0.39, 0.29) is 0 Å². The van der Waals surface area contributed by atoms with Crippen molar-refractivity contribution in [1.29, 1.82) is 0 Å². The zero-order valence-corrected chi connectivity index (χ0v) is 27.4. The number of hydrogen-bond acceptors (Lipinski definition) is 3. The van der Waals surface area contributed by atoms with Crippen LogP contribution in [-0.2, 0) is 0 Å². The maximum Gasteiger partial charge on any atom is 0.155 e. The molecule has 0 aliphatic carbocycles. The summed E-state index contributed by atoms with van der Waals surface area (Å²) in [4.78, 5) is 10.5. The van der Waals surface area contributed by atoms with Gasteiger partial charge in [0, 0.05) is 44.0 Å². The minimum atomic E-state index is 0.719. The summed E-state index contributed by atoms with van der Waals surface area (Å²) in [7, 11) is 0. The minimum Gasteiger partial charge on any atom is -0.453 e. The molecule has 0 atom stereocenters. The van der Waals surface area contributed by atoms with Crippen LogP contribution in [0.3, 0.4) is 0 Å². The van der Waals surface area contributed by atoms with Gasteiger partial charge in [0.1, 0.15) is 11.0 Å². The molecule has 0 amide bonds. The standard InChI is InChI=1S/C46H28N4O/c1-3-12-30(13-4-1)49-39-20-10-8-17-35(39)44-34(18-11-21-40(44)49)37-25-27-43-46(48-37)45-42(51-43)26-24-36(47-45)29-22-23-33-32-16-7-9-19-38(32)50(41(33)28-29)31-14-5-2-6-15-31/h1-28H. The number of pyridine rings is 2. The predicted octanol–water partition coefficient (Wildman–Crippen LogP) is 11.9. The van der Waals surface area contributed by atoms with Gasteiger partial charge in [0.05, 0.1) is 33.5 Å². The molecule has 0 saturated carbocycles. The first-order valence-corrected chi connectivity index (χ1v) is 17.2. The quantitative estimate of drug-likeness (QED) is 0.190. The molecule has 11 rings (SSSR count). The number of benzene rings is 6. The van der Waals surface area contributed by atoms with Crippen molar-refractivity contribution in [3.63, 3.8) is 0 Å². The Balaban J connectivity index is 1.09. The number of furan rings is 1. The summed E-state index contributed by atoms with van der Waals surface area (Å²) in [5.74, 6) is 0. The Morgan fingerprint density at radius 3 is 1.67 bits per heavy atom. The van der Waals surface area contributed by atoms with Crippen molar-refractivity contribution in [3.8, 4) is 33.9 Å². The van der Waals surface area contributed by atoms with Gasteiger partial charge in [0.15, 0.2) is 11.2 Å². The van der Waals surface area contributed by atoms with E-state index in [1.54, 1.807) is 0 Å². The third-order valence-electron chi connectivity index (χ3n) is 10.1. The highest BCUT2D eigenvalue weighted by Crippen LogP contribution is 2.40. The van der Waals surface area contributed by atoms with Crippen molar-refractivity contribution in [2.24, 2.45) is 0 Å². The summed E-state index contributed by atoms with van der Waals surface area (Å²) in [6.45, 7) is 0. The molecule has 0 spiro atoms. The highest BCUT2D eigenvalue weighted by Gasteiger charge is 2.19. The van der Waals surface area contributed by atoms with E-state index in [4.69, 9.17) is 14.4 Å². The van der Waals surface area contributed by atoms with Crippen molar-refractivity contribution in [2.45, 2.75) is 0 Å². The summed E-state index contributed by atoms with van der Waals surface area (Å²) in [5.41, 5.74) is 13.7. The Bertz CT molecular complexity index is 3130. The van der Waals surface area contributed by atoms with Crippen molar-refractivity contribution >= 4 is 65.8 Å². The fourth-order valence-electron chi connectivity index (χ4n) is 7.90. The van der Waals surface area contributed by atoms with Crippen LogP contribution in [0.4, 0.5) is 0 Å². The van der Waals surface area contributed by atoms with E-state index in [9.17, 15) is 0 Å². The maximum atomic E-state index is 6.31. The lowest BCUT2D eigenvalue weighted by atomic mass is 10.0. The largest absolute Gasteiger partial charge is 0.453 e. The molecule has 5 heterocycles. The maximum absolute atomic E-state index is 6.31. The van der Waals surface area contributed by atoms with E-state index in [1.165, 1.54) is 27.1 Å². The molecule has 11 aromatic rings. The molecule has 0 aliphatic rings. The number of fused-ring (bicyclic) bond motifs is 9. The lowest BCUT2D eigenvalue weighted by Crippen LogP contribution is -1.93. The highest BCUT2D eigenvalue weighted by atomic mass is 16.3. The van der Waals surface area contributed by atoms with Crippen LogP contribution in [0.1, 0.15) is 0 Å². The van der Waals surface area contributed by atoms with Crippen LogP contribution in [-0.4, -0.2) is 19.1 Å². The number of rotatable bonds is 4. The van der Waals surface area contributed by atoms with Gasteiger partial charge in [0.25, 0.3) is 0 Å². The Hall–Kier alpha value is -6.98. The molecule has 0 aliphatic heterocycles. The van der Waals surface area contributed by atoms with Crippen molar-refractivity contribution < 1.29 is 4.42 Å². The zero-order chi connectivity index (χ0) is 33.5. The summed E-state index contributed by atoms with van der Waals surface area (Å²) in [5, 5.41) is 4.80. The van der Waals surface area contributed by atoms with Gasteiger partial charge in [0.2, 0.25) is 0 Å². The average Bonchev–Trinajstić information content (AvgIpc) is 3.85. The number of hydrogen-bond donors (Lipinski definition) is 0. The molecular formula is C46H28N4O. The molecule has 51 heavy (non-hydrogen) atoms. The Labute approximate surface area is 292 Å². The Morgan fingerprint density at radius 1 is 0.392 bits per heavy atom. The number of para-hydroxylation sites is 4. The monoisotopic (exact) mass is 652 g/mol. The second-order valence-electron chi connectivity index (χ2n) is 13.0. The van der Waals surface area contributed by atoms with Gasteiger partial charge in [-0.05, 0) is 72.8 Å². The summed E-state index contributed by atoms with van der Waals surface area (Å²) in [6.07, 6.45) is 0. The summed E-state index contributed by atoms with van der Waals surface area (Å²) >= 11 is 0. The highest BCUT2D eigenvalue weighted by molar-refractivity contribution is 6.16. The average molecular weight is 653 g/mol. The Morgan fingerprint density at radius 2 is 0.941 bits per heavy atom. The van der Waals surface area contributed by atoms with E-state index in [2.05, 4.69) is 161 Å². The fraction of sp³-hybridized carbons (Fsp3) is 0. The van der Waals surface area contributed by atoms with Crippen molar-refractivity contribution in [1.82, 2.24) is 19.1 Å². The van der Waals surface area contributed by atoms with Gasteiger partial charge in [-0.1, -0.05) is 97.1 Å². The third kappa shape index (κ3) is 4.15. The van der Waals surface area contributed by atoms with Crippen LogP contribution in [0.15, 0.2) is 174 Å². The molecule has 0 N–H and O–H groups in total. The van der Waals surface area contributed by atoms with E-state index in [0.717, 1.165) is 72.6 Å². The Kier molecular flexibility index (Phi) is 5.89. The van der Waals surface area contributed by atoms with E-state index < -0.39 is 0 Å².